The quantitative estimate of drug-likeness (QED) is 0.390. The predicted molar refractivity (Wildman–Crippen MR) is 67.5 cm³/mol. The van der Waals surface area contributed by atoms with Crippen LogP contribution in [0.15, 0.2) is 12.1 Å². The number of hydrogen-bond donors (Lipinski definition) is 1. The number of carbonyl (C=O) groups excluding carboxylic acids is 1. The highest BCUT2D eigenvalue weighted by Gasteiger charge is 2.34. The van der Waals surface area contributed by atoms with Crippen molar-refractivity contribution in [3.8, 4) is 0 Å². The van der Waals surface area contributed by atoms with Crippen LogP contribution in [-0.2, 0) is 22.1 Å². The molecular weight excluding hydrogens is 293 g/mol. The zero-order chi connectivity index (χ0) is 16.2. The Morgan fingerprint density at radius 2 is 2.05 bits per heavy atom. The van der Waals surface area contributed by atoms with E-state index in [1.54, 1.807) is 0 Å². The molecule has 0 spiro atoms. The Morgan fingerprint density at radius 3 is 2.52 bits per heavy atom. The Morgan fingerprint density at radius 1 is 1.43 bits per heavy atom. The van der Waals surface area contributed by atoms with Crippen LogP contribution in [0, 0.1) is 10.1 Å². The number of nitro groups is 1. The fourth-order valence-corrected chi connectivity index (χ4v) is 1.74. The Kier molecular flexibility index (Phi) is 5.12. The van der Waals surface area contributed by atoms with Crippen LogP contribution >= 0.6 is 0 Å². The lowest BCUT2D eigenvalue weighted by Gasteiger charge is -2.11. The highest BCUT2D eigenvalue weighted by molar-refractivity contribution is 5.69. The van der Waals surface area contributed by atoms with Crippen molar-refractivity contribution >= 4 is 17.3 Å². The number of aryl methyl sites for hydroxylation is 1. The molecule has 1 aromatic carbocycles. The van der Waals surface area contributed by atoms with E-state index in [2.05, 4.69) is 4.74 Å². The molecule has 0 aromatic heterocycles. The van der Waals surface area contributed by atoms with E-state index < -0.39 is 28.3 Å². The second kappa shape index (κ2) is 6.42. The molecule has 0 fully saturated rings. The monoisotopic (exact) mass is 306 g/mol. The normalized spacial score (nSPS) is 11.2. The van der Waals surface area contributed by atoms with E-state index in [1.807, 2.05) is 0 Å². The molecule has 9 heteroatoms. The van der Waals surface area contributed by atoms with E-state index in [-0.39, 0.29) is 30.5 Å². The van der Waals surface area contributed by atoms with Gasteiger partial charge in [-0.1, -0.05) is 0 Å². The molecule has 1 aromatic rings. The average molecular weight is 306 g/mol. The van der Waals surface area contributed by atoms with Gasteiger partial charge >= 0.3 is 12.1 Å². The zero-order valence-electron chi connectivity index (χ0n) is 11.1. The van der Waals surface area contributed by atoms with Gasteiger partial charge in [-0.25, -0.2) is 0 Å². The molecule has 0 saturated heterocycles. The number of halogens is 3. The zero-order valence-corrected chi connectivity index (χ0v) is 11.1. The third-order valence-corrected chi connectivity index (χ3v) is 2.82. The Labute approximate surface area is 117 Å². The number of nitrogens with two attached hydrogens (primary N) is 1. The molecule has 0 heterocycles. The summed E-state index contributed by atoms with van der Waals surface area (Å²) in [6, 6.07) is 1.17. The third kappa shape index (κ3) is 4.33. The molecule has 0 aliphatic rings. The second-order valence-electron chi connectivity index (χ2n) is 4.25. The number of methoxy groups -OCH3 is 1. The predicted octanol–water partition coefficient (Wildman–Crippen LogP) is 2.69. The summed E-state index contributed by atoms with van der Waals surface area (Å²) in [7, 11) is 1.19. The lowest BCUT2D eigenvalue weighted by atomic mass is 10.0. The summed E-state index contributed by atoms with van der Waals surface area (Å²) in [6.45, 7) is 0. The van der Waals surface area contributed by atoms with Crippen LogP contribution in [0.4, 0.5) is 24.5 Å². The number of nitro benzene ring substituents is 1. The topological polar surface area (TPSA) is 95.5 Å². The minimum absolute atomic E-state index is 0.00565. The van der Waals surface area contributed by atoms with Crippen molar-refractivity contribution in [2.24, 2.45) is 0 Å². The largest absolute Gasteiger partial charge is 0.469 e. The van der Waals surface area contributed by atoms with Crippen molar-refractivity contribution in [2.45, 2.75) is 25.4 Å². The van der Waals surface area contributed by atoms with Crippen LogP contribution in [-0.4, -0.2) is 18.0 Å². The van der Waals surface area contributed by atoms with Crippen LogP contribution in [0.3, 0.4) is 0 Å². The Bertz CT molecular complexity index is 558. The van der Waals surface area contributed by atoms with Gasteiger partial charge in [0.2, 0.25) is 0 Å². The number of ether oxygens (including phenoxy) is 1. The molecule has 1 rings (SSSR count). The van der Waals surface area contributed by atoms with E-state index in [0.29, 0.717) is 6.07 Å². The minimum Gasteiger partial charge on any atom is -0.469 e. The molecular formula is C12H13F3N2O4. The van der Waals surface area contributed by atoms with Crippen LogP contribution in [0.5, 0.6) is 0 Å². The molecule has 0 atom stereocenters. The average Bonchev–Trinajstić information content (AvgIpc) is 2.38. The number of carbonyl (C=O) groups is 1. The summed E-state index contributed by atoms with van der Waals surface area (Å²) in [6.07, 6.45) is -4.55. The summed E-state index contributed by atoms with van der Waals surface area (Å²) in [5, 5.41) is 10.8. The lowest BCUT2D eigenvalue weighted by Crippen LogP contribution is -2.10. The number of anilines is 1. The number of nitrogen functional groups attached to an aromatic ring is 1. The molecule has 0 bridgehead atoms. The van der Waals surface area contributed by atoms with Crippen molar-refractivity contribution in [2.75, 3.05) is 12.8 Å². The Balaban J connectivity index is 3.09. The van der Waals surface area contributed by atoms with Gasteiger partial charge in [0.1, 0.15) is 5.69 Å². The Hall–Kier alpha value is -2.32. The van der Waals surface area contributed by atoms with E-state index in [1.165, 1.54) is 7.11 Å². The summed E-state index contributed by atoms with van der Waals surface area (Å²) in [5.41, 5.74) is 3.25. The molecule has 0 aliphatic carbocycles. The van der Waals surface area contributed by atoms with Crippen LogP contribution in [0.2, 0.25) is 0 Å². The van der Waals surface area contributed by atoms with Crippen LogP contribution < -0.4 is 5.73 Å². The van der Waals surface area contributed by atoms with Gasteiger partial charge in [0.05, 0.1) is 17.6 Å². The van der Waals surface area contributed by atoms with Gasteiger partial charge in [0, 0.05) is 12.5 Å². The van der Waals surface area contributed by atoms with Gasteiger partial charge in [-0.05, 0) is 24.5 Å². The van der Waals surface area contributed by atoms with Crippen molar-refractivity contribution < 1.29 is 27.6 Å². The lowest BCUT2D eigenvalue weighted by molar-refractivity contribution is -0.384. The van der Waals surface area contributed by atoms with Gasteiger partial charge in [-0.2, -0.15) is 13.2 Å². The smallest absolute Gasteiger partial charge is 0.416 e. The molecule has 116 valence electrons. The van der Waals surface area contributed by atoms with Crippen LogP contribution in [0.25, 0.3) is 0 Å². The number of alkyl halides is 3. The second-order valence-corrected chi connectivity index (χ2v) is 4.25. The molecule has 2 N–H and O–H groups in total. The summed E-state index contributed by atoms with van der Waals surface area (Å²) >= 11 is 0. The summed E-state index contributed by atoms with van der Waals surface area (Å²) < 4.78 is 42.5. The standard InChI is InChI=1S/C12H13F3N2O4/c1-21-10(18)4-2-3-7-5-8(12(13,14)15)6-9(11(7)16)17(19)20/h5-6H,2-4,16H2,1H3. The van der Waals surface area contributed by atoms with Gasteiger partial charge in [-0.15, -0.1) is 0 Å². The molecule has 0 radical (unpaired) electrons. The number of nitrogens with zero attached hydrogens (tertiary/aromatic N) is 1. The molecule has 21 heavy (non-hydrogen) atoms. The van der Waals surface area contributed by atoms with E-state index in [4.69, 9.17) is 5.73 Å². The first kappa shape index (κ1) is 16.7. The molecule has 0 aliphatic heterocycles. The minimum atomic E-state index is -4.71. The molecule has 0 amide bonds. The maximum atomic E-state index is 12.7. The third-order valence-electron chi connectivity index (χ3n) is 2.82. The molecule has 0 saturated carbocycles. The first-order chi connectivity index (χ1) is 9.66. The number of esters is 1. The van der Waals surface area contributed by atoms with Crippen molar-refractivity contribution in [1.29, 1.82) is 0 Å². The number of benzene rings is 1. The SMILES string of the molecule is COC(=O)CCCc1cc(C(F)(F)F)cc([N+](=O)[O-])c1N. The fourth-order valence-electron chi connectivity index (χ4n) is 1.74. The fraction of sp³-hybridized carbons (Fsp3) is 0.417. The molecule has 6 nitrogen and oxygen atoms in total. The van der Waals surface area contributed by atoms with Gasteiger partial charge < -0.3 is 10.5 Å². The van der Waals surface area contributed by atoms with E-state index in [0.717, 1.165) is 6.07 Å². The van der Waals surface area contributed by atoms with E-state index in [9.17, 15) is 28.1 Å². The van der Waals surface area contributed by atoms with E-state index >= 15 is 0 Å². The number of hydrogen-bond acceptors (Lipinski definition) is 5. The first-order valence-corrected chi connectivity index (χ1v) is 5.87. The molecule has 0 unspecified atom stereocenters. The van der Waals surface area contributed by atoms with Gasteiger partial charge in [0.25, 0.3) is 5.69 Å². The highest BCUT2D eigenvalue weighted by atomic mass is 19.4. The van der Waals surface area contributed by atoms with Crippen molar-refractivity contribution in [1.82, 2.24) is 0 Å². The first-order valence-electron chi connectivity index (χ1n) is 5.87. The highest BCUT2D eigenvalue weighted by Crippen LogP contribution is 2.36. The van der Waals surface area contributed by atoms with Gasteiger partial charge in [-0.3, -0.25) is 14.9 Å². The maximum Gasteiger partial charge on any atom is 0.416 e. The van der Waals surface area contributed by atoms with Crippen LogP contribution in [0.1, 0.15) is 24.0 Å². The van der Waals surface area contributed by atoms with Gasteiger partial charge in [0.15, 0.2) is 0 Å². The number of rotatable bonds is 5. The summed E-state index contributed by atoms with van der Waals surface area (Å²) in [4.78, 5) is 20.7. The van der Waals surface area contributed by atoms with Crippen molar-refractivity contribution in [3.63, 3.8) is 0 Å². The van der Waals surface area contributed by atoms with Crippen molar-refractivity contribution in [3.05, 3.63) is 33.4 Å². The maximum absolute atomic E-state index is 12.7. The summed E-state index contributed by atoms with van der Waals surface area (Å²) in [5.74, 6) is -0.518.